The molecule has 0 aliphatic rings. The molecule has 0 saturated heterocycles. The van der Waals surface area contributed by atoms with E-state index >= 15 is 0 Å². The second-order valence-electron chi connectivity index (χ2n) is 4.56. The summed E-state index contributed by atoms with van der Waals surface area (Å²) in [6.07, 6.45) is -0.994. The fourth-order valence-corrected chi connectivity index (χ4v) is 2.45. The molecule has 0 aliphatic carbocycles. The van der Waals surface area contributed by atoms with E-state index in [0.29, 0.717) is 16.3 Å². The minimum absolute atomic E-state index is 0.0880. The molecule has 2 aromatic rings. The summed E-state index contributed by atoms with van der Waals surface area (Å²) in [7, 11) is 0. The summed E-state index contributed by atoms with van der Waals surface area (Å²) in [6.45, 7) is 3.08. The van der Waals surface area contributed by atoms with Gasteiger partial charge in [-0.3, -0.25) is 4.79 Å². The van der Waals surface area contributed by atoms with E-state index in [0.717, 1.165) is 0 Å². The van der Waals surface area contributed by atoms with Crippen molar-refractivity contribution in [3.05, 3.63) is 45.0 Å². The van der Waals surface area contributed by atoms with Crippen LogP contribution < -0.4 is 10.1 Å². The van der Waals surface area contributed by atoms with Crippen LogP contribution >= 0.6 is 11.3 Å². The summed E-state index contributed by atoms with van der Waals surface area (Å²) in [5, 5.41) is 24.5. The van der Waals surface area contributed by atoms with Gasteiger partial charge in [0, 0.05) is 6.92 Å². The molecule has 9 heteroatoms. The van der Waals surface area contributed by atoms with Gasteiger partial charge in [-0.25, -0.2) is 0 Å². The Labute approximate surface area is 135 Å². The van der Waals surface area contributed by atoms with Gasteiger partial charge in [-0.2, -0.15) is 5.26 Å². The van der Waals surface area contributed by atoms with Crippen molar-refractivity contribution in [3.8, 4) is 11.8 Å². The number of amides is 1. The smallest absolute Gasteiger partial charge is 0.406 e. The summed E-state index contributed by atoms with van der Waals surface area (Å²) in [4.78, 5) is 26.2. The molecule has 1 atom stereocenters. The number of nitrogens with one attached hydrogen (secondary N) is 1. The Morgan fingerprint density at radius 3 is 2.91 bits per heavy atom. The van der Waals surface area contributed by atoms with Crippen LogP contribution in [-0.2, 0) is 4.79 Å². The van der Waals surface area contributed by atoms with Crippen LogP contribution in [-0.4, -0.2) is 21.9 Å². The number of aryl methyl sites for hydroxylation is 1. The molecule has 0 aliphatic heterocycles. The second kappa shape index (κ2) is 6.85. The van der Waals surface area contributed by atoms with Crippen molar-refractivity contribution in [2.45, 2.75) is 20.0 Å². The predicted molar refractivity (Wildman–Crippen MR) is 83.4 cm³/mol. The van der Waals surface area contributed by atoms with Gasteiger partial charge < -0.3 is 20.2 Å². The second-order valence-corrected chi connectivity index (χ2v) is 5.47. The summed E-state index contributed by atoms with van der Waals surface area (Å²) in [5.74, 6) is -1.05. The van der Waals surface area contributed by atoms with Crippen molar-refractivity contribution in [2.75, 3.05) is 5.32 Å². The number of rotatable bonds is 5. The molecular weight excluding hydrogens is 320 g/mol. The number of carbonyl (C=O) groups excluding carboxylic acids is 1. The Balaban J connectivity index is 2.13. The van der Waals surface area contributed by atoms with Gasteiger partial charge in [0.05, 0.1) is 5.56 Å². The number of pyridine rings is 1. The molecule has 0 aromatic carbocycles. The average Bonchev–Trinajstić information content (AvgIpc) is 2.95. The first-order chi connectivity index (χ1) is 10.9. The molecule has 0 saturated carbocycles. The lowest BCUT2D eigenvalue weighted by atomic mass is 10.3. The number of thiophene rings is 1. The summed E-state index contributed by atoms with van der Waals surface area (Å²) in [6, 6.07) is 6.49. The molecule has 0 unspecified atom stereocenters. The molecule has 2 aromatic heterocycles. The van der Waals surface area contributed by atoms with Crippen LogP contribution in [0.3, 0.4) is 0 Å². The highest BCUT2D eigenvalue weighted by Gasteiger charge is 2.23. The fourth-order valence-electron chi connectivity index (χ4n) is 1.70. The summed E-state index contributed by atoms with van der Waals surface area (Å²) < 4.78 is 5.35. The van der Waals surface area contributed by atoms with Gasteiger partial charge in [-0.15, -0.1) is 11.3 Å². The zero-order chi connectivity index (χ0) is 17.0. The van der Waals surface area contributed by atoms with Crippen LogP contribution in [0.1, 0.15) is 18.2 Å². The molecule has 2 rings (SSSR count). The molecule has 118 valence electrons. The monoisotopic (exact) mass is 332 g/mol. The average molecular weight is 332 g/mol. The number of ether oxygens (including phenoxy) is 1. The number of nitriles is 1. The Hall–Kier alpha value is -2.99. The maximum Gasteiger partial charge on any atom is 0.406 e. The van der Waals surface area contributed by atoms with Crippen LogP contribution in [0.2, 0.25) is 0 Å². The lowest BCUT2D eigenvalue weighted by Crippen LogP contribution is -2.30. The van der Waals surface area contributed by atoms with Crippen LogP contribution in [0.5, 0.6) is 5.75 Å². The van der Waals surface area contributed by atoms with Gasteiger partial charge in [0.25, 0.3) is 5.91 Å². The van der Waals surface area contributed by atoms with E-state index in [-0.39, 0.29) is 5.75 Å². The van der Waals surface area contributed by atoms with E-state index in [4.69, 9.17) is 10.00 Å². The Kier molecular flexibility index (Phi) is 4.88. The molecule has 1 N–H and O–H groups in total. The highest BCUT2D eigenvalue weighted by Crippen LogP contribution is 2.26. The van der Waals surface area contributed by atoms with E-state index in [1.165, 1.54) is 24.3 Å². The van der Waals surface area contributed by atoms with Crippen molar-refractivity contribution in [3.63, 3.8) is 0 Å². The van der Waals surface area contributed by atoms with Gasteiger partial charge in [0.15, 0.2) is 6.10 Å². The van der Waals surface area contributed by atoms with Crippen LogP contribution in [0, 0.1) is 28.4 Å². The minimum Gasteiger partial charge on any atom is -0.473 e. The van der Waals surface area contributed by atoms with Gasteiger partial charge in [0.2, 0.25) is 5.75 Å². The standard InChI is InChI=1S/C14H12N4O4S/c1-8-3-4-11(12(16-8)18(20)21)22-9(2)13(19)17-14-10(7-15)5-6-23-14/h3-6,9H,1-2H3,(H,17,19)/t9-/m1/s1. The SMILES string of the molecule is Cc1ccc(O[C@H](C)C(=O)Nc2sccc2C#N)c([N+](=O)[O-])n1. The van der Waals surface area contributed by atoms with Crippen LogP contribution in [0.15, 0.2) is 23.6 Å². The first-order valence-corrected chi connectivity index (χ1v) is 7.37. The maximum atomic E-state index is 12.1. The van der Waals surface area contributed by atoms with Gasteiger partial charge in [-0.1, -0.05) is 0 Å². The zero-order valence-corrected chi connectivity index (χ0v) is 13.1. The minimum atomic E-state index is -0.994. The highest BCUT2D eigenvalue weighted by atomic mass is 32.1. The number of nitro groups is 1. The largest absolute Gasteiger partial charge is 0.473 e. The number of hydrogen-bond acceptors (Lipinski definition) is 7. The molecule has 23 heavy (non-hydrogen) atoms. The lowest BCUT2D eigenvalue weighted by Gasteiger charge is -2.14. The van der Waals surface area contributed by atoms with Crippen molar-refractivity contribution in [1.29, 1.82) is 5.26 Å². The Morgan fingerprint density at radius 1 is 1.52 bits per heavy atom. The molecule has 0 radical (unpaired) electrons. The summed E-state index contributed by atoms with van der Waals surface area (Å²) >= 11 is 1.21. The predicted octanol–water partition coefficient (Wildman–Crippen LogP) is 2.64. The van der Waals surface area contributed by atoms with Crippen molar-refractivity contribution in [1.82, 2.24) is 4.98 Å². The molecule has 0 bridgehead atoms. The number of carbonyl (C=O) groups is 1. The summed E-state index contributed by atoms with van der Waals surface area (Å²) in [5.41, 5.74) is 0.817. The van der Waals surface area contributed by atoms with Crippen LogP contribution in [0.4, 0.5) is 10.8 Å². The number of anilines is 1. The molecule has 2 heterocycles. The van der Waals surface area contributed by atoms with E-state index in [9.17, 15) is 14.9 Å². The number of aromatic nitrogens is 1. The molecular formula is C14H12N4O4S. The van der Waals surface area contributed by atoms with Gasteiger partial charge in [0.1, 0.15) is 16.8 Å². The fraction of sp³-hybridized carbons (Fsp3) is 0.214. The van der Waals surface area contributed by atoms with E-state index < -0.39 is 22.8 Å². The quantitative estimate of drug-likeness (QED) is 0.664. The van der Waals surface area contributed by atoms with Gasteiger partial charge in [-0.05, 0) is 40.4 Å². The van der Waals surface area contributed by atoms with E-state index in [2.05, 4.69) is 10.3 Å². The topological polar surface area (TPSA) is 118 Å². The lowest BCUT2D eigenvalue weighted by molar-refractivity contribution is -0.390. The Bertz CT molecular complexity index is 796. The number of hydrogen-bond donors (Lipinski definition) is 1. The third-order valence-electron chi connectivity index (χ3n) is 2.85. The molecule has 8 nitrogen and oxygen atoms in total. The van der Waals surface area contributed by atoms with E-state index in [1.54, 1.807) is 24.4 Å². The third-order valence-corrected chi connectivity index (χ3v) is 3.68. The third kappa shape index (κ3) is 3.81. The molecule has 0 spiro atoms. The van der Waals surface area contributed by atoms with Crippen molar-refractivity contribution in [2.24, 2.45) is 0 Å². The van der Waals surface area contributed by atoms with Crippen molar-refractivity contribution >= 4 is 28.1 Å². The van der Waals surface area contributed by atoms with Crippen molar-refractivity contribution < 1.29 is 14.5 Å². The molecule has 0 fully saturated rings. The zero-order valence-electron chi connectivity index (χ0n) is 12.3. The first kappa shape index (κ1) is 16.4. The Morgan fingerprint density at radius 2 is 2.26 bits per heavy atom. The van der Waals surface area contributed by atoms with Crippen LogP contribution in [0.25, 0.3) is 0 Å². The maximum absolute atomic E-state index is 12.1. The number of nitrogens with zero attached hydrogens (tertiary/aromatic N) is 3. The first-order valence-electron chi connectivity index (χ1n) is 6.49. The normalized spacial score (nSPS) is 11.3. The van der Waals surface area contributed by atoms with E-state index in [1.807, 2.05) is 6.07 Å². The molecule has 1 amide bonds. The highest BCUT2D eigenvalue weighted by molar-refractivity contribution is 7.14. The van der Waals surface area contributed by atoms with Gasteiger partial charge >= 0.3 is 5.82 Å².